The molecule has 2 aromatic rings. The van der Waals surface area contributed by atoms with E-state index >= 15 is 0 Å². The van der Waals surface area contributed by atoms with Gasteiger partial charge in [0, 0.05) is 15.6 Å². The van der Waals surface area contributed by atoms with Gasteiger partial charge < -0.3 is 5.11 Å². The van der Waals surface area contributed by atoms with Crippen molar-refractivity contribution >= 4 is 23.2 Å². The van der Waals surface area contributed by atoms with E-state index in [-0.39, 0.29) is 0 Å². The molecule has 4 atom stereocenters. The summed E-state index contributed by atoms with van der Waals surface area (Å²) in [6, 6.07) is 13.8. The lowest BCUT2D eigenvalue weighted by Crippen LogP contribution is -2.89. The van der Waals surface area contributed by atoms with Gasteiger partial charge in [-0.15, -0.1) is 0 Å². The largest absolute Gasteiger partial charge is 0.385 e. The predicted octanol–water partition coefficient (Wildman–Crippen LogP) is 5.52. The van der Waals surface area contributed by atoms with Crippen molar-refractivity contribution in [1.29, 1.82) is 0 Å². The van der Waals surface area contributed by atoms with Crippen LogP contribution in [-0.4, -0.2) is 5.11 Å². The maximum Gasteiger partial charge on any atom is 0.0970 e. The molecule has 0 radical (unpaired) electrons. The molecule has 0 heterocycles. The van der Waals surface area contributed by atoms with E-state index in [0.717, 1.165) is 28.5 Å². The molecule has 0 saturated heterocycles. The molecule has 2 aromatic carbocycles. The minimum atomic E-state index is -0.688. The number of aliphatic hydroxyl groups is 1. The molecule has 122 valence electrons. The average molecular weight is 357 g/mol. The third kappa shape index (κ3) is 1.28. The van der Waals surface area contributed by atoms with Crippen LogP contribution in [0.1, 0.15) is 24.8 Å². The van der Waals surface area contributed by atoms with Crippen molar-refractivity contribution in [2.24, 2.45) is 29.1 Å². The molecule has 3 heteroatoms. The van der Waals surface area contributed by atoms with Gasteiger partial charge in [0.1, 0.15) is 0 Å². The zero-order valence-electron chi connectivity index (χ0n) is 13.2. The predicted molar refractivity (Wildman–Crippen MR) is 96.0 cm³/mol. The van der Waals surface area contributed by atoms with E-state index in [1.807, 2.05) is 42.5 Å². The second kappa shape index (κ2) is 4.20. The molecule has 4 aliphatic rings. The first-order chi connectivity index (χ1) is 11.6. The first-order valence-electron chi connectivity index (χ1n) is 8.85. The van der Waals surface area contributed by atoms with Crippen molar-refractivity contribution in [2.75, 3.05) is 0 Å². The van der Waals surface area contributed by atoms with Crippen LogP contribution >= 0.6 is 23.2 Å². The van der Waals surface area contributed by atoms with Crippen molar-refractivity contribution in [3.05, 3.63) is 58.1 Å². The smallest absolute Gasteiger partial charge is 0.0970 e. The molecule has 0 aromatic heterocycles. The molecule has 4 saturated carbocycles. The Morgan fingerprint density at radius 1 is 0.875 bits per heavy atom. The van der Waals surface area contributed by atoms with Crippen LogP contribution < -0.4 is 0 Å². The first kappa shape index (κ1) is 14.2. The zero-order chi connectivity index (χ0) is 16.3. The van der Waals surface area contributed by atoms with Gasteiger partial charge in [0.05, 0.1) is 5.60 Å². The highest BCUT2D eigenvalue weighted by molar-refractivity contribution is 6.34. The van der Waals surface area contributed by atoms with Gasteiger partial charge in [0.25, 0.3) is 0 Å². The van der Waals surface area contributed by atoms with Gasteiger partial charge in [-0.2, -0.15) is 0 Å². The Bertz CT molecular complexity index is 867. The summed E-state index contributed by atoms with van der Waals surface area (Å²) < 4.78 is 0. The zero-order valence-corrected chi connectivity index (χ0v) is 14.7. The van der Waals surface area contributed by atoms with Crippen molar-refractivity contribution in [3.8, 4) is 11.1 Å². The molecular weight excluding hydrogens is 339 g/mol. The quantitative estimate of drug-likeness (QED) is 0.750. The molecule has 1 spiro atoms. The summed E-state index contributed by atoms with van der Waals surface area (Å²) in [4.78, 5) is 0. The topological polar surface area (TPSA) is 20.2 Å². The lowest BCUT2D eigenvalue weighted by atomic mass is 9.14. The summed E-state index contributed by atoms with van der Waals surface area (Å²) in [7, 11) is 0. The van der Waals surface area contributed by atoms with Crippen LogP contribution in [0.4, 0.5) is 0 Å². The molecule has 0 bridgehead atoms. The molecule has 0 aliphatic heterocycles. The van der Waals surface area contributed by atoms with Crippen LogP contribution in [0.2, 0.25) is 10.0 Å². The summed E-state index contributed by atoms with van der Waals surface area (Å²) in [5.74, 6) is 2.66. The number of hydrogen-bond donors (Lipinski definition) is 1. The third-order valence-corrected chi connectivity index (χ3v) is 8.44. The van der Waals surface area contributed by atoms with E-state index < -0.39 is 5.60 Å². The summed E-state index contributed by atoms with van der Waals surface area (Å²) in [6.07, 6.45) is 3.78. The lowest BCUT2D eigenvalue weighted by Gasteiger charge is -2.91. The minimum absolute atomic E-state index is 0.440. The fourth-order valence-electron chi connectivity index (χ4n) is 6.97. The maximum absolute atomic E-state index is 11.7. The molecule has 4 unspecified atom stereocenters. The van der Waals surface area contributed by atoms with Crippen molar-refractivity contribution in [3.63, 3.8) is 0 Å². The lowest BCUT2D eigenvalue weighted by molar-refractivity contribution is -0.467. The number of rotatable bonds is 2. The molecule has 4 fully saturated rings. The first-order valence-corrected chi connectivity index (χ1v) is 9.60. The average Bonchev–Trinajstić information content (AvgIpc) is 2.51. The molecule has 6 rings (SSSR count). The molecule has 0 amide bonds. The summed E-state index contributed by atoms with van der Waals surface area (Å²) in [6.45, 7) is 0. The molecular formula is C21H18Cl2O. The Balaban J connectivity index is 1.52. The van der Waals surface area contributed by atoms with Crippen LogP contribution in [0.15, 0.2) is 42.5 Å². The number of hydrogen-bond acceptors (Lipinski definition) is 1. The van der Waals surface area contributed by atoms with Gasteiger partial charge >= 0.3 is 0 Å². The Labute approximate surface area is 151 Å². The number of benzene rings is 2. The third-order valence-electron chi connectivity index (χ3n) is 7.87. The molecule has 1 nitrogen and oxygen atoms in total. The van der Waals surface area contributed by atoms with E-state index in [2.05, 4.69) is 0 Å². The van der Waals surface area contributed by atoms with Gasteiger partial charge in [-0.05, 0) is 77.7 Å². The van der Waals surface area contributed by atoms with E-state index in [0.29, 0.717) is 27.3 Å². The highest BCUT2D eigenvalue weighted by Crippen LogP contribution is 2.92. The molecule has 24 heavy (non-hydrogen) atoms. The second-order valence-corrected chi connectivity index (χ2v) is 9.04. The van der Waals surface area contributed by atoms with Gasteiger partial charge in [-0.1, -0.05) is 47.5 Å². The second-order valence-electron chi connectivity index (χ2n) is 8.20. The van der Waals surface area contributed by atoms with Crippen LogP contribution in [0.25, 0.3) is 11.1 Å². The Hall–Kier alpha value is -1.02. The minimum Gasteiger partial charge on any atom is -0.385 e. The highest BCUT2D eigenvalue weighted by atomic mass is 35.5. The maximum atomic E-state index is 11.7. The van der Waals surface area contributed by atoms with Gasteiger partial charge in [-0.3, -0.25) is 0 Å². The molecule has 4 aliphatic carbocycles. The Morgan fingerprint density at radius 3 is 2.25 bits per heavy atom. The van der Waals surface area contributed by atoms with Crippen molar-refractivity contribution in [1.82, 2.24) is 0 Å². The Kier molecular flexibility index (Phi) is 2.48. The van der Waals surface area contributed by atoms with Gasteiger partial charge in [0.15, 0.2) is 0 Å². The fourth-order valence-corrected chi connectivity index (χ4v) is 7.38. The fraction of sp³-hybridized carbons (Fsp3) is 0.429. The van der Waals surface area contributed by atoms with Gasteiger partial charge in [-0.25, -0.2) is 0 Å². The summed E-state index contributed by atoms with van der Waals surface area (Å²) in [5.41, 5.74) is 2.81. The van der Waals surface area contributed by atoms with Gasteiger partial charge in [0.2, 0.25) is 0 Å². The molecule has 1 N–H and O–H groups in total. The van der Waals surface area contributed by atoms with Crippen LogP contribution in [-0.2, 0) is 5.60 Å². The Morgan fingerprint density at radius 2 is 1.58 bits per heavy atom. The van der Waals surface area contributed by atoms with Crippen LogP contribution in [0.5, 0.6) is 0 Å². The van der Waals surface area contributed by atoms with E-state index in [1.165, 1.54) is 19.3 Å². The normalized spacial score (nSPS) is 43.5. The monoisotopic (exact) mass is 356 g/mol. The SMILES string of the molecule is OC1(c2ccc(Cl)cc2-c2ccccc2Cl)C2CC3CC4CC1C342. The standard InChI is InChI=1S/C21H18Cl2O/c22-13-5-6-16(15(10-13)14-3-1-2-4-17(14)23)21(24)18-8-11-7-12-9-19(21)20(11,12)18/h1-6,10-12,18-19,24H,7-9H2. The summed E-state index contributed by atoms with van der Waals surface area (Å²) >= 11 is 12.7. The van der Waals surface area contributed by atoms with E-state index in [1.54, 1.807) is 0 Å². The highest BCUT2D eigenvalue weighted by Gasteiger charge is 2.89. The number of halogens is 2. The van der Waals surface area contributed by atoms with Crippen LogP contribution in [0.3, 0.4) is 0 Å². The summed E-state index contributed by atoms with van der Waals surface area (Å²) in [5, 5.41) is 13.1. The van der Waals surface area contributed by atoms with E-state index in [9.17, 15) is 5.11 Å². The van der Waals surface area contributed by atoms with Crippen molar-refractivity contribution in [2.45, 2.75) is 24.9 Å². The van der Waals surface area contributed by atoms with E-state index in [4.69, 9.17) is 23.2 Å². The van der Waals surface area contributed by atoms with Crippen LogP contribution in [0, 0.1) is 29.1 Å². The van der Waals surface area contributed by atoms with Crippen molar-refractivity contribution < 1.29 is 5.11 Å².